The van der Waals surface area contributed by atoms with Crippen LogP contribution in [-0.4, -0.2) is 39.1 Å². The Morgan fingerprint density at radius 2 is 2.06 bits per heavy atom. The van der Waals surface area contributed by atoms with E-state index in [2.05, 4.69) is 0 Å². The SMILES string of the molecule is CCCN(CC(N)=S)C(=O)c1ccc(O)c(O)c1. The lowest BCUT2D eigenvalue weighted by molar-refractivity contribution is 0.0779. The van der Waals surface area contributed by atoms with Crippen LogP contribution < -0.4 is 5.73 Å². The van der Waals surface area contributed by atoms with Gasteiger partial charge in [-0.15, -0.1) is 0 Å². The van der Waals surface area contributed by atoms with E-state index >= 15 is 0 Å². The zero-order valence-corrected chi connectivity index (χ0v) is 10.9. The molecule has 0 saturated carbocycles. The fraction of sp³-hybridized carbons (Fsp3) is 0.333. The van der Waals surface area contributed by atoms with E-state index in [1.807, 2.05) is 6.92 Å². The Balaban J connectivity index is 2.93. The van der Waals surface area contributed by atoms with Crippen molar-refractivity contribution in [2.24, 2.45) is 5.73 Å². The van der Waals surface area contributed by atoms with Gasteiger partial charge in [0.15, 0.2) is 11.5 Å². The maximum absolute atomic E-state index is 12.2. The van der Waals surface area contributed by atoms with E-state index in [9.17, 15) is 15.0 Å². The minimum Gasteiger partial charge on any atom is -0.504 e. The Bertz CT molecular complexity index is 463. The van der Waals surface area contributed by atoms with Crippen LogP contribution in [0.4, 0.5) is 0 Å². The molecule has 0 saturated heterocycles. The van der Waals surface area contributed by atoms with E-state index < -0.39 is 0 Å². The molecule has 0 bridgehead atoms. The fourth-order valence-electron chi connectivity index (χ4n) is 1.55. The number of carbonyl (C=O) groups excluding carboxylic acids is 1. The molecule has 0 aliphatic rings. The van der Waals surface area contributed by atoms with Crippen LogP contribution in [0.3, 0.4) is 0 Å². The van der Waals surface area contributed by atoms with E-state index in [0.29, 0.717) is 6.54 Å². The molecule has 18 heavy (non-hydrogen) atoms. The first-order chi connectivity index (χ1) is 8.45. The molecular formula is C12H16N2O3S. The lowest BCUT2D eigenvalue weighted by atomic mass is 10.1. The van der Waals surface area contributed by atoms with Gasteiger partial charge in [0.1, 0.15) is 0 Å². The van der Waals surface area contributed by atoms with Crippen LogP contribution in [0.15, 0.2) is 18.2 Å². The first kappa shape index (κ1) is 14.2. The molecule has 1 amide bonds. The van der Waals surface area contributed by atoms with Crippen LogP contribution in [0.2, 0.25) is 0 Å². The van der Waals surface area contributed by atoms with Gasteiger partial charge in [0, 0.05) is 12.1 Å². The molecule has 0 spiro atoms. The van der Waals surface area contributed by atoms with Gasteiger partial charge >= 0.3 is 0 Å². The lowest BCUT2D eigenvalue weighted by Crippen LogP contribution is -2.38. The number of amides is 1. The Labute approximate surface area is 111 Å². The molecule has 0 fully saturated rings. The zero-order chi connectivity index (χ0) is 13.7. The first-order valence-corrected chi connectivity index (χ1v) is 5.96. The molecule has 4 N–H and O–H groups in total. The summed E-state index contributed by atoms with van der Waals surface area (Å²) in [6.07, 6.45) is 0.776. The number of nitrogens with two attached hydrogens (primary N) is 1. The molecule has 0 atom stereocenters. The lowest BCUT2D eigenvalue weighted by Gasteiger charge is -2.21. The number of aromatic hydroxyl groups is 2. The molecule has 0 heterocycles. The van der Waals surface area contributed by atoms with E-state index in [0.717, 1.165) is 6.42 Å². The van der Waals surface area contributed by atoms with Gasteiger partial charge in [0.2, 0.25) is 0 Å². The highest BCUT2D eigenvalue weighted by molar-refractivity contribution is 7.80. The summed E-state index contributed by atoms with van der Waals surface area (Å²) < 4.78 is 0. The second-order valence-corrected chi connectivity index (χ2v) is 4.42. The second kappa shape index (κ2) is 6.20. The highest BCUT2D eigenvalue weighted by Crippen LogP contribution is 2.25. The molecule has 0 aliphatic heterocycles. The van der Waals surface area contributed by atoms with Crippen molar-refractivity contribution in [2.75, 3.05) is 13.1 Å². The molecule has 1 aromatic rings. The molecule has 1 aromatic carbocycles. The quantitative estimate of drug-likeness (QED) is 0.552. The summed E-state index contributed by atoms with van der Waals surface area (Å²) in [5, 5.41) is 18.6. The van der Waals surface area contributed by atoms with Crippen molar-refractivity contribution in [2.45, 2.75) is 13.3 Å². The number of carbonyl (C=O) groups is 1. The Morgan fingerprint density at radius 1 is 1.39 bits per heavy atom. The maximum Gasteiger partial charge on any atom is 0.254 e. The predicted molar refractivity (Wildman–Crippen MR) is 72.8 cm³/mol. The molecule has 5 nitrogen and oxygen atoms in total. The van der Waals surface area contributed by atoms with Crippen molar-refractivity contribution in [3.05, 3.63) is 23.8 Å². The molecule has 0 radical (unpaired) electrons. The minimum atomic E-state index is -0.326. The van der Waals surface area contributed by atoms with Crippen LogP contribution in [-0.2, 0) is 0 Å². The minimum absolute atomic E-state index is 0.198. The highest BCUT2D eigenvalue weighted by atomic mass is 32.1. The molecule has 98 valence electrons. The van der Waals surface area contributed by atoms with Gasteiger partial charge in [-0.3, -0.25) is 4.79 Å². The Hall–Kier alpha value is -1.82. The summed E-state index contributed by atoms with van der Waals surface area (Å²) in [4.78, 5) is 13.9. The van der Waals surface area contributed by atoms with Crippen LogP contribution >= 0.6 is 12.2 Å². The highest BCUT2D eigenvalue weighted by Gasteiger charge is 2.16. The number of rotatable bonds is 5. The van der Waals surface area contributed by atoms with Gasteiger partial charge in [0.05, 0.1) is 11.5 Å². The second-order valence-electron chi connectivity index (χ2n) is 3.90. The summed E-state index contributed by atoms with van der Waals surface area (Å²) in [6, 6.07) is 3.94. The molecule has 0 unspecified atom stereocenters. The number of hydrogen-bond acceptors (Lipinski definition) is 4. The third-order valence-corrected chi connectivity index (χ3v) is 2.48. The van der Waals surface area contributed by atoms with Gasteiger partial charge < -0.3 is 20.8 Å². The first-order valence-electron chi connectivity index (χ1n) is 5.55. The predicted octanol–water partition coefficient (Wildman–Crippen LogP) is 1.24. The summed E-state index contributed by atoms with van der Waals surface area (Å²) in [6.45, 7) is 2.66. The molecule has 6 heteroatoms. The Kier molecular flexibility index (Phi) is 4.91. The average Bonchev–Trinajstić information content (AvgIpc) is 2.31. The van der Waals surface area contributed by atoms with E-state index in [1.165, 1.54) is 23.1 Å². The van der Waals surface area contributed by atoms with Crippen molar-refractivity contribution < 1.29 is 15.0 Å². The largest absolute Gasteiger partial charge is 0.504 e. The average molecular weight is 268 g/mol. The summed E-state index contributed by atoms with van der Waals surface area (Å²) >= 11 is 4.80. The van der Waals surface area contributed by atoms with Crippen molar-refractivity contribution in [1.29, 1.82) is 0 Å². The Morgan fingerprint density at radius 3 is 2.56 bits per heavy atom. The number of hydrogen-bond donors (Lipinski definition) is 3. The maximum atomic E-state index is 12.2. The molecule has 0 aromatic heterocycles. The number of benzene rings is 1. The zero-order valence-electron chi connectivity index (χ0n) is 10.1. The number of phenols is 2. The van der Waals surface area contributed by atoms with Crippen LogP contribution in [0, 0.1) is 0 Å². The molecule has 1 rings (SSSR count). The fourth-order valence-corrected chi connectivity index (χ4v) is 1.71. The summed E-state index contributed by atoms with van der Waals surface area (Å²) in [5.41, 5.74) is 5.73. The molecular weight excluding hydrogens is 252 g/mol. The summed E-state index contributed by atoms with van der Waals surface area (Å²) in [7, 11) is 0. The van der Waals surface area contributed by atoms with Crippen LogP contribution in [0.5, 0.6) is 11.5 Å². The van der Waals surface area contributed by atoms with Gasteiger partial charge in [-0.05, 0) is 24.6 Å². The van der Waals surface area contributed by atoms with Crippen LogP contribution in [0.25, 0.3) is 0 Å². The van der Waals surface area contributed by atoms with Gasteiger partial charge in [-0.25, -0.2) is 0 Å². The topological polar surface area (TPSA) is 86.8 Å². The van der Waals surface area contributed by atoms with Gasteiger partial charge in [-0.2, -0.15) is 0 Å². The molecule has 0 aliphatic carbocycles. The van der Waals surface area contributed by atoms with Gasteiger partial charge in [-0.1, -0.05) is 19.1 Å². The standard InChI is InChI=1S/C12H16N2O3S/c1-2-5-14(7-11(13)18)12(17)8-3-4-9(15)10(16)6-8/h3-4,6,15-16H,2,5,7H2,1H3,(H2,13,18). The van der Waals surface area contributed by atoms with E-state index in [1.54, 1.807) is 0 Å². The van der Waals surface area contributed by atoms with E-state index in [4.69, 9.17) is 18.0 Å². The van der Waals surface area contributed by atoms with Crippen molar-refractivity contribution in [3.63, 3.8) is 0 Å². The monoisotopic (exact) mass is 268 g/mol. The third kappa shape index (κ3) is 3.59. The smallest absolute Gasteiger partial charge is 0.254 e. The summed E-state index contributed by atoms with van der Waals surface area (Å²) in [5.74, 6) is -0.865. The number of nitrogens with zero attached hydrogens (tertiary/aromatic N) is 1. The van der Waals surface area contributed by atoms with Crippen molar-refractivity contribution in [1.82, 2.24) is 4.90 Å². The normalized spacial score (nSPS) is 10.1. The number of thiocarbonyl (C=S) groups is 1. The van der Waals surface area contributed by atoms with E-state index in [-0.39, 0.29) is 34.5 Å². The van der Waals surface area contributed by atoms with Crippen molar-refractivity contribution >= 4 is 23.1 Å². The van der Waals surface area contributed by atoms with Gasteiger partial charge in [0.25, 0.3) is 5.91 Å². The van der Waals surface area contributed by atoms with Crippen molar-refractivity contribution in [3.8, 4) is 11.5 Å². The third-order valence-electron chi connectivity index (χ3n) is 2.35. The number of phenolic OH excluding ortho intramolecular Hbond substituents is 2. The van der Waals surface area contributed by atoms with Crippen LogP contribution in [0.1, 0.15) is 23.7 Å².